The van der Waals surface area contributed by atoms with Gasteiger partial charge in [-0.25, -0.2) is 0 Å². The third-order valence-corrected chi connectivity index (χ3v) is 4.02. The Morgan fingerprint density at radius 3 is 2.19 bits per heavy atom. The number of nitrogens with zero attached hydrogens (tertiary/aromatic N) is 1. The van der Waals surface area contributed by atoms with Crippen LogP contribution in [-0.4, -0.2) is 37.1 Å². The fourth-order valence-corrected chi connectivity index (χ4v) is 2.24. The maximum atomic E-state index is 11.5. The normalized spacial score (nSPS) is 24.8. The molecule has 3 nitrogen and oxygen atoms in total. The largest absolute Gasteiger partial charge is 0.469 e. The second-order valence-corrected chi connectivity index (χ2v) is 5.75. The molecule has 1 fully saturated rings. The molecule has 0 aromatic rings. The van der Waals surface area contributed by atoms with E-state index in [9.17, 15) is 4.79 Å². The Morgan fingerprint density at radius 2 is 1.75 bits per heavy atom. The number of ether oxygens (including phenoxy) is 1. The van der Waals surface area contributed by atoms with Gasteiger partial charge in [0.1, 0.15) is 0 Å². The van der Waals surface area contributed by atoms with Crippen LogP contribution in [0.3, 0.4) is 0 Å². The van der Waals surface area contributed by atoms with E-state index in [2.05, 4.69) is 25.7 Å². The number of rotatable bonds is 3. The SMILES string of the molecule is COC(=O)C(C)C(C)N1CCC(C)(C)CC1. The van der Waals surface area contributed by atoms with Crippen molar-refractivity contribution in [2.45, 2.75) is 46.6 Å². The summed E-state index contributed by atoms with van der Waals surface area (Å²) in [5.74, 6) is -0.136. The molecular formula is C13H25NO2. The third kappa shape index (κ3) is 3.21. The van der Waals surface area contributed by atoms with E-state index in [0.29, 0.717) is 5.41 Å². The molecule has 0 aromatic heterocycles. The van der Waals surface area contributed by atoms with E-state index in [1.807, 2.05) is 6.92 Å². The van der Waals surface area contributed by atoms with Gasteiger partial charge in [0.15, 0.2) is 0 Å². The standard InChI is InChI=1S/C13H25NO2/c1-10(12(15)16-5)11(2)14-8-6-13(3,4)7-9-14/h10-11H,6-9H2,1-5H3. The molecule has 3 heteroatoms. The van der Waals surface area contributed by atoms with Crippen molar-refractivity contribution in [1.29, 1.82) is 0 Å². The van der Waals surface area contributed by atoms with Gasteiger partial charge in [0.05, 0.1) is 13.0 Å². The van der Waals surface area contributed by atoms with Crippen molar-refractivity contribution < 1.29 is 9.53 Å². The average molecular weight is 227 g/mol. The van der Waals surface area contributed by atoms with Crippen molar-refractivity contribution in [3.05, 3.63) is 0 Å². The van der Waals surface area contributed by atoms with Gasteiger partial charge in [0, 0.05) is 6.04 Å². The molecule has 0 aliphatic carbocycles. The molecule has 2 unspecified atom stereocenters. The molecule has 0 aromatic carbocycles. The first-order chi connectivity index (χ1) is 7.37. The van der Waals surface area contributed by atoms with Crippen LogP contribution in [0.1, 0.15) is 40.5 Å². The molecule has 0 N–H and O–H groups in total. The lowest BCUT2D eigenvalue weighted by Gasteiger charge is -2.41. The maximum absolute atomic E-state index is 11.5. The highest BCUT2D eigenvalue weighted by Gasteiger charge is 2.31. The molecule has 0 bridgehead atoms. The van der Waals surface area contributed by atoms with Crippen molar-refractivity contribution in [3.63, 3.8) is 0 Å². The first kappa shape index (κ1) is 13.5. The molecule has 2 atom stereocenters. The number of carbonyl (C=O) groups is 1. The number of likely N-dealkylation sites (tertiary alicyclic amines) is 1. The van der Waals surface area contributed by atoms with Gasteiger partial charge in [-0.3, -0.25) is 9.69 Å². The van der Waals surface area contributed by atoms with E-state index in [-0.39, 0.29) is 17.9 Å². The van der Waals surface area contributed by atoms with E-state index in [1.165, 1.54) is 20.0 Å². The predicted octanol–water partition coefficient (Wildman–Crippen LogP) is 2.31. The highest BCUT2D eigenvalue weighted by molar-refractivity contribution is 5.72. The zero-order valence-electron chi connectivity index (χ0n) is 11.2. The summed E-state index contributed by atoms with van der Waals surface area (Å²) < 4.78 is 4.80. The summed E-state index contributed by atoms with van der Waals surface area (Å²) in [5.41, 5.74) is 0.463. The van der Waals surface area contributed by atoms with Gasteiger partial charge in [0.2, 0.25) is 0 Å². The number of esters is 1. The van der Waals surface area contributed by atoms with Gasteiger partial charge in [0.25, 0.3) is 0 Å². The van der Waals surface area contributed by atoms with Gasteiger partial charge in [-0.15, -0.1) is 0 Å². The van der Waals surface area contributed by atoms with E-state index in [4.69, 9.17) is 4.74 Å². The van der Waals surface area contributed by atoms with Gasteiger partial charge >= 0.3 is 5.97 Å². The quantitative estimate of drug-likeness (QED) is 0.693. The van der Waals surface area contributed by atoms with Crippen LogP contribution < -0.4 is 0 Å². The zero-order valence-corrected chi connectivity index (χ0v) is 11.2. The van der Waals surface area contributed by atoms with Gasteiger partial charge < -0.3 is 4.74 Å². The van der Waals surface area contributed by atoms with Crippen LogP contribution >= 0.6 is 0 Å². The summed E-state index contributed by atoms with van der Waals surface area (Å²) >= 11 is 0. The predicted molar refractivity (Wildman–Crippen MR) is 65.2 cm³/mol. The van der Waals surface area contributed by atoms with E-state index >= 15 is 0 Å². The summed E-state index contributed by atoms with van der Waals surface area (Å²) in [4.78, 5) is 13.9. The van der Waals surface area contributed by atoms with Crippen LogP contribution in [0, 0.1) is 11.3 Å². The van der Waals surface area contributed by atoms with Crippen LogP contribution in [0.2, 0.25) is 0 Å². The number of methoxy groups -OCH3 is 1. The molecule has 94 valence electrons. The molecule has 0 radical (unpaired) electrons. The second kappa shape index (κ2) is 5.17. The Balaban J connectivity index is 2.50. The van der Waals surface area contributed by atoms with Crippen LogP contribution in [0.4, 0.5) is 0 Å². The molecule has 1 aliphatic heterocycles. The monoisotopic (exact) mass is 227 g/mol. The second-order valence-electron chi connectivity index (χ2n) is 5.75. The highest BCUT2D eigenvalue weighted by atomic mass is 16.5. The van der Waals surface area contributed by atoms with Crippen LogP contribution in [0.15, 0.2) is 0 Å². The molecule has 16 heavy (non-hydrogen) atoms. The molecule has 1 heterocycles. The average Bonchev–Trinajstić information content (AvgIpc) is 2.26. The lowest BCUT2D eigenvalue weighted by atomic mass is 9.82. The minimum absolute atomic E-state index is 0.0359. The number of carbonyl (C=O) groups excluding carboxylic acids is 1. The Kier molecular flexibility index (Phi) is 4.36. The summed E-state index contributed by atoms with van der Waals surface area (Å²) in [6.45, 7) is 10.9. The fraction of sp³-hybridized carbons (Fsp3) is 0.923. The Hall–Kier alpha value is -0.570. The molecule has 0 amide bonds. The lowest BCUT2D eigenvalue weighted by molar-refractivity contribution is -0.147. The van der Waals surface area contributed by atoms with Crippen LogP contribution in [-0.2, 0) is 9.53 Å². The number of piperidine rings is 1. The third-order valence-electron chi connectivity index (χ3n) is 4.02. The van der Waals surface area contributed by atoms with Crippen molar-refractivity contribution in [3.8, 4) is 0 Å². The Bertz CT molecular complexity index is 240. The molecule has 1 saturated heterocycles. The van der Waals surface area contributed by atoms with Crippen LogP contribution in [0.25, 0.3) is 0 Å². The van der Waals surface area contributed by atoms with Crippen molar-refractivity contribution in [1.82, 2.24) is 4.90 Å². The van der Waals surface area contributed by atoms with Crippen molar-refractivity contribution in [2.75, 3.05) is 20.2 Å². The Morgan fingerprint density at radius 1 is 1.25 bits per heavy atom. The smallest absolute Gasteiger partial charge is 0.309 e. The zero-order chi connectivity index (χ0) is 12.3. The van der Waals surface area contributed by atoms with Crippen molar-refractivity contribution >= 4 is 5.97 Å². The summed E-state index contributed by atoms with van der Waals surface area (Å²) in [5, 5.41) is 0. The molecule has 1 rings (SSSR count). The minimum Gasteiger partial charge on any atom is -0.469 e. The summed E-state index contributed by atoms with van der Waals surface area (Å²) in [6.07, 6.45) is 2.43. The van der Waals surface area contributed by atoms with Gasteiger partial charge in [-0.1, -0.05) is 20.8 Å². The van der Waals surface area contributed by atoms with E-state index in [1.54, 1.807) is 0 Å². The molecule has 1 aliphatic rings. The van der Waals surface area contributed by atoms with E-state index in [0.717, 1.165) is 13.1 Å². The van der Waals surface area contributed by atoms with Gasteiger partial charge in [-0.2, -0.15) is 0 Å². The topological polar surface area (TPSA) is 29.5 Å². The minimum atomic E-state index is -0.0997. The first-order valence-corrected chi connectivity index (χ1v) is 6.19. The lowest BCUT2D eigenvalue weighted by Crippen LogP contribution is -2.46. The van der Waals surface area contributed by atoms with E-state index < -0.39 is 0 Å². The maximum Gasteiger partial charge on any atom is 0.309 e. The Labute approximate surface area is 99.1 Å². The number of hydrogen-bond acceptors (Lipinski definition) is 3. The summed E-state index contributed by atoms with van der Waals surface area (Å²) in [6, 6.07) is 0.281. The first-order valence-electron chi connectivity index (χ1n) is 6.19. The molecule has 0 spiro atoms. The number of hydrogen-bond donors (Lipinski definition) is 0. The highest BCUT2D eigenvalue weighted by Crippen LogP contribution is 2.31. The molecule has 0 saturated carbocycles. The van der Waals surface area contributed by atoms with Gasteiger partial charge in [-0.05, 0) is 38.3 Å². The molecular weight excluding hydrogens is 202 g/mol. The van der Waals surface area contributed by atoms with Crippen LogP contribution in [0.5, 0.6) is 0 Å². The van der Waals surface area contributed by atoms with Crippen molar-refractivity contribution in [2.24, 2.45) is 11.3 Å². The summed E-state index contributed by atoms with van der Waals surface area (Å²) in [7, 11) is 1.46. The fourth-order valence-electron chi connectivity index (χ4n) is 2.24.